The topological polar surface area (TPSA) is 43.8 Å². The number of aryl methyl sites for hydroxylation is 1. The first-order valence-electron chi connectivity index (χ1n) is 3.43. The second-order valence-electron chi connectivity index (χ2n) is 2.60. The molecule has 0 spiro atoms. The van der Waals surface area contributed by atoms with Gasteiger partial charge in [0, 0.05) is 25.0 Å². The van der Waals surface area contributed by atoms with Gasteiger partial charge in [0.15, 0.2) is 0 Å². The van der Waals surface area contributed by atoms with Gasteiger partial charge in [-0.05, 0) is 13.8 Å². The predicted octanol–water partition coefficient (Wildman–Crippen LogP) is 1.38. The van der Waals surface area contributed by atoms with Crippen molar-refractivity contribution in [2.45, 2.75) is 26.4 Å². The number of hydrogen-bond acceptors (Lipinski definition) is 2. The SMILES string of the molecule is Cc1nccn1CC(C)N.Cl.Cl. The van der Waals surface area contributed by atoms with E-state index < -0.39 is 0 Å². The highest BCUT2D eigenvalue weighted by Gasteiger charge is 1.98. The van der Waals surface area contributed by atoms with Crippen LogP contribution in [-0.4, -0.2) is 15.6 Å². The molecule has 0 radical (unpaired) electrons. The molecular formula is C7H15Cl2N3. The van der Waals surface area contributed by atoms with Crippen molar-refractivity contribution in [1.82, 2.24) is 9.55 Å². The largest absolute Gasteiger partial charge is 0.334 e. The number of nitrogens with zero attached hydrogens (tertiary/aromatic N) is 2. The quantitative estimate of drug-likeness (QED) is 0.804. The molecule has 1 atom stereocenters. The number of rotatable bonds is 2. The Morgan fingerprint density at radius 1 is 1.58 bits per heavy atom. The molecule has 0 bridgehead atoms. The zero-order valence-electron chi connectivity index (χ0n) is 7.23. The summed E-state index contributed by atoms with van der Waals surface area (Å²) in [6.07, 6.45) is 3.73. The Labute approximate surface area is 85.2 Å². The van der Waals surface area contributed by atoms with Crippen LogP contribution in [0.15, 0.2) is 12.4 Å². The highest BCUT2D eigenvalue weighted by atomic mass is 35.5. The summed E-state index contributed by atoms with van der Waals surface area (Å²) < 4.78 is 2.05. The summed E-state index contributed by atoms with van der Waals surface area (Å²) in [4.78, 5) is 4.08. The molecule has 2 N–H and O–H groups in total. The second kappa shape index (κ2) is 6.29. The average molecular weight is 212 g/mol. The highest BCUT2D eigenvalue weighted by molar-refractivity contribution is 5.85. The minimum atomic E-state index is 0. The maximum Gasteiger partial charge on any atom is 0.105 e. The molecule has 1 rings (SSSR count). The Kier molecular flexibility index (Phi) is 7.48. The van der Waals surface area contributed by atoms with Crippen molar-refractivity contribution in [1.29, 1.82) is 0 Å². The van der Waals surface area contributed by atoms with Gasteiger partial charge >= 0.3 is 0 Å². The predicted molar refractivity (Wildman–Crippen MR) is 55.1 cm³/mol. The standard InChI is InChI=1S/C7H13N3.2ClH/c1-6(8)5-10-4-3-9-7(10)2;;/h3-4,6H,5,8H2,1-2H3;2*1H. The summed E-state index contributed by atoms with van der Waals surface area (Å²) in [5, 5.41) is 0. The van der Waals surface area contributed by atoms with Crippen molar-refractivity contribution in [2.75, 3.05) is 0 Å². The van der Waals surface area contributed by atoms with Crippen LogP contribution in [0.5, 0.6) is 0 Å². The summed E-state index contributed by atoms with van der Waals surface area (Å²) in [6, 6.07) is 0.202. The van der Waals surface area contributed by atoms with Gasteiger partial charge < -0.3 is 10.3 Å². The summed E-state index contributed by atoms with van der Waals surface area (Å²) in [5.41, 5.74) is 5.60. The normalized spacial score (nSPS) is 11.2. The number of imidazole rings is 1. The molecule has 0 saturated heterocycles. The van der Waals surface area contributed by atoms with Gasteiger partial charge in [-0.1, -0.05) is 0 Å². The molecule has 1 heterocycles. The highest BCUT2D eigenvalue weighted by Crippen LogP contribution is 1.95. The van der Waals surface area contributed by atoms with E-state index in [1.807, 2.05) is 24.6 Å². The van der Waals surface area contributed by atoms with E-state index in [2.05, 4.69) is 4.98 Å². The number of halogens is 2. The Morgan fingerprint density at radius 2 is 2.17 bits per heavy atom. The third-order valence-corrected chi connectivity index (χ3v) is 1.41. The van der Waals surface area contributed by atoms with E-state index in [0.717, 1.165) is 12.4 Å². The molecule has 72 valence electrons. The van der Waals surface area contributed by atoms with Crippen LogP contribution < -0.4 is 5.73 Å². The van der Waals surface area contributed by atoms with E-state index in [-0.39, 0.29) is 30.9 Å². The lowest BCUT2D eigenvalue weighted by Gasteiger charge is -2.06. The molecule has 0 aliphatic carbocycles. The number of hydrogen-bond donors (Lipinski definition) is 1. The molecule has 5 heteroatoms. The van der Waals surface area contributed by atoms with Crippen LogP contribution in [0.3, 0.4) is 0 Å². The molecule has 0 saturated carbocycles. The fourth-order valence-electron chi connectivity index (χ4n) is 0.907. The Bertz CT molecular complexity index is 210. The zero-order chi connectivity index (χ0) is 7.56. The first-order valence-corrected chi connectivity index (χ1v) is 3.43. The van der Waals surface area contributed by atoms with Crippen LogP contribution in [0, 0.1) is 6.92 Å². The van der Waals surface area contributed by atoms with Gasteiger partial charge in [-0.25, -0.2) is 4.98 Å². The molecular weight excluding hydrogens is 197 g/mol. The average Bonchev–Trinajstić information content (AvgIpc) is 2.15. The van der Waals surface area contributed by atoms with E-state index in [4.69, 9.17) is 5.73 Å². The van der Waals surface area contributed by atoms with Gasteiger partial charge in [0.05, 0.1) is 0 Å². The summed E-state index contributed by atoms with van der Waals surface area (Å²) in [5.74, 6) is 1.03. The molecule has 0 aliphatic rings. The second-order valence-corrected chi connectivity index (χ2v) is 2.60. The van der Waals surface area contributed by atoms with Crippen LogP contribution in [0.4, 0.5) is 0 Å². The first kappa shape index (κ1) is 14.3. The Morgan fingerprint density at radius 3 is 2.50 bits per heavy atom. The van der Waals surface area contributed by atoms with Gasteiger partial charge in [0.2, 0.25) is 0 Å². The van der Waals surface area contributed by atoms with E-state index in [9.17, 15) is 0 Å². The Hall–Kier alpha value is -0.250. The first-order chi connectivity index (χ1) is 4.70. The minimum Gasteiger partial charge on any atom is -0.334 e. The molecule has 1 aromatic rings. The summed E-state index contributed by atoms with van der Waals surface area (Å²) in [7, 11) is 0. The molecule has 3 nitrogen and oxygen atoms in total. The van der Waals surface area contributed by atoms with Crippen molar-refractivity contribution < 1.29 is 0 Å². The van der Waals surface area contributed by atoms with E-state index in [1.54, 1.807) is 6.20 Å². The third kappa shape index (κ3) is 3.95. The number of aromatic nitrogens is 2. The van der Waals surface area contributed by atoms with Crippen molar-refractivity contribution in [3.63, 3.8) is 0 Å². The minimum absolute atomic E-state index is 0. The third-order valence-electron chi connectivity index (χ3n) is 1.41. The van der Waals surface area contributed by atoms with Crippen LogP contribution in [-0.2, 0) is 6.54 Å². The molecule has 0 aromatic carbocycles. The van der Waals surface area contributed by atoms with Crippen LogP contribution in [0.2, 0.25) is 0 Å². The lowest BCUT2D eigenvalue weighted by molar-refractivity contribution is 0.577. The molecule has 1 unspecified atom stereocenters. The summed E-state index contributed by atoms with van der Waals surface area (Å²) in [6.45, 7) is 4.81. The molecule has 0 fully saturated rings. The van der Waals surface area contributed by atoms with Gasteiger partial charge in [-0.3, -0.25) is 0 Å². The van der Waals surface area contributed by atoms with Crippen molar-refractivity contribution in [3.8, 4) is 0 Å². The maximum atomic E-state index is 5.60. The van der Waals surface area contributed by atoms with Gasteiger partial charge in [0.1, 0.15) is 5.82 Å². The van der Waals surface area contributed by atoms with E-state index in [1.165, 1.54) is 0 Å². The van der Waals surface area contributed by atoms with Crippen LogP contribution in [0.25, 0.3) is 0 Å². The lowest BCUT2D eigenvalue weighted by atomic mass is 10.3. The van der Waals surface area contributed by atoms with Crippen molar-refractivity contribution in [3.05, 3.63) is 18.2 Å². The number of nitrogens with two attached hydrogens (primary N) is 1. The monoisotopic (exact) mass is 211 g/mol. The van der Waals surface area contributed by atoms with Crippen molar-refractivity contribution >= 4 is 24.8 Å². The van der Waals surface area contributed by atoms with Gasteiger partial charge in [-0.15, -0.1) is 24.8 Å². The van der Waals surface area contributed by atoms with E-state index >= 15 is 0 Å². The van der Waals surface area contributed by atoms with E-state index in [0.29, 0.717) is 0 Å². The van der Waals surface area contributed by atoms with Gasteiger partial charge in [-0.2, -0.15) is 0 Å². The van der Waals surface area contributed by atoms with Crippen molar-refractivity contribution in [2.24, 2.45) is 5.73 Å². The molecule has 0 amide bonds. The van der Waals surface area contributed by atoms with Crippen LogP contribution >= 0.6 is 24.8 Å². The smallest absolute Gasteiger partial charge is 0.105 e. The fraction of sp³-hybridized carbons (Fsp3) is 0.571. The summed E-state index contributed by atoms with van der Waals surface area (Å²) >= 11 is 0. The lowest BCUT2D eigenvalue weighted by Crippen LogP contribution is -2.22. The fourth-order valence-corrected chi connectivity index (χ4v) is 0.907. The zero-order valence-corrected chi connectivity index (χ0v) is 8.86. The molecule has 12 heavy (non-hydrogen) atoms. The molecule has 0 aliphatic heterocycles. The van der Waals surface area contributed by atoms with Gasteiger partial charge in [0.25, 0.3) is 0 Å². The van der Waals surface area contributed by atoms with Crippen LogP contribution in [0.1, 0.15) is 12.7 Å². The Balaban J connectivity index is 0. The maximum absolute atomic E-state index is 5.60. The molecule has 1 aromatic heterocycles.